The quantitative estimate of drug-likeness (QED) is 0.447. The number of ether oxygens (including phenoxy) is 2. The van der Waals surface area contributed by atoms with E-state index < -0.39 is 0 Å². The highest BCUT2D eigenvalue weighted by Gasteiger charge is 2.27. The molecule has 1 amide bonds. The first-order valence-electron chi connectivity index (χ1n) is 12.8. The van der Waals surface area contributed by atoms with Crippen molar-refractivity contribution in [2.45, 2.75) is 6.10 Å². The van der Waals surface area contributed by atoms with Crippen LogP contribution in [-0.4, -0.2) is 92.9 Å². The number of benzene rings is 1. The van der Waals surface area contributed by atoms with Crippen molar-refractivity contribution in [3.05, 3.63) is 76.5 Å². The van der Waals surface area contributed by atoms with Crippen molar-refractivity contribution < 1.29 is 14.3 Å². The van der Waals surface area contributed by atoms with Gasteiger partial charge in [-0.15, -0.1) is 0 Å². The normalized spacial score (nSPS) is 18.8. The van der Waals surface area contributed by atoms with Gasteiger partial charge in [-0.2, -0.15) is 11.3 Å². The van der Waals surface area contributed by atoms with Crippen LogP contribution in [0, 0.1) is 0 Å². The summed E-state index contributed by atoms with van der Waals surface area (Å²) in [6, 6.07) is 16.3. The van der Waals surface area contributed by atoms with Crippen LogP contribution in [0.2, 0.25) is 0 Å². The van der Waals surface area contributed by atoms with Gasteiger partial charge in [-0.3, -0.25) is 9.69 Å². The van der Waals surface area contributed by atoms with E-state index in [1.807, 2.05) is 52.6 Å². The van der Waals surface area contributed by atoms with Gasteiger partial charge in [0, 0.05) is 57.3 Å². The van der Waals surface area contributed by atoms with Gasteiger partial charge in [0.25, 0.3) is 5.91 Å². The average molecular weight is 519 g/mol. The lowest BCUT2D eigenvalue weighted by molar-refractivity contribution is -0.0837. The van der Waals surface area contributed by atoms with Gasteiger partial charge >= 0.3 is 0 Å². The molecule has 0 spiro atoms. The van der Waals surface area contributed by atoms with Gasteiger partial charge in [-0.1, -0.05) is 42.5 Å². The lowest BCUT2D eigenvalue weighted by atomic mass is 10.1. The fourth-order valence-electron chi connectivity index (χ4n) is 4.72. The maximum atomic E-state index is 13.7. The fourth-order valence-corrected chi connectivity index (χ4v) is 5.37. The molecule has 2 aromatic heterocycles. The van der Waals surface area contributed by atoms with E-state index in [2.05, 4.69) is 40.6 Å². The van der Waals surface area contributed by atoms with E-state index in [0.29, 0.717) is 50.8 Å². The van der Waals surface area contributed by atoms with Crippen molar-refractivity contribution >= 4 is 29.1 Å². The van der Waals surface area contributed by atoms with Crippen molar-refractivity contribution in [1.29, 1.82) is 0 Å². The fraction of sp³-hybridized carbons (Fsp3) is 0.379. The van der Waals surface area contributed by atoms with E-state index in [4.69, 9.17) is 14.5 Å². The van der Waals surface area contributed by atoms with Crippen molar-refractivity contribution in [2.24, 2.45) is 0 Å². The number of rotatable bonds is 8. The van der Waals surface area contributed by atoms with E-state index in [1.165, 1.54) is 5.56 Å². The van der Waals surface area contributed by atoms with E-state index in [9.17, 15) is 4.79 Å². The number of carbonyl (C=O) groups excluding carboxylic acids is 1. The van der Waals surface area contributed by atoms with Crippen LogP contribution < -0.4 is 4.90 Å². The summed E-state index contributed by atoms with van der Waals surface area (Å²) < 4.78 is 11.4. The van der Waals surface area contributed by atoms with Crippen LogP contribution in [-0.2, 0) is 9.47 Å². The minimum absolute atomic E-state index is 0.0338. The summed E-state index contributed by atoms with van der Waals surface area (Å²) in [5, 5.41) is 4.12. The first-order valence-corrected chi connectivity index (χ1v) is 13.8. The Hall–Kier alpha value is -3.04. The molecule has 1 atom stereocenters. The van der Waals surface area contributed by atoms with Crippen LogP contribution >= 0.6 is 11.3 Å². The van der Waals surface area contributed by atoms with Crippen LogP contribution in [0.15, 0.2) is 65.4 Å². The SMILES string of the molecule is CN(CC1COCCO1)c1nc(-c2ccsc2)ccc1C(=O)N1CCN(C/C=C/c2ccccc2)CC1. The number of aromatic nitrogens is 1. The Balaban J connectivity index is 1.26. The molecule has 2 aliphatic rings. The monoisotopic (exact) mass is 518 g/mol. The summed E-state index contributed by atoms with van der Waals surface area (Å²) in [6.45, 7) is 6.38. The Kier molecular flexibility index (Phi) is 8.63. The molecule has 194 valence electrons. The number of amides is 1. The molecule has 3 aromatic rings. The van der Waals surface area contributed by atoms with Crippen LogP contribution in [0.4, 0.5) is 5.82 Å². The average Bonchev–Trinajstić information content (AvgIpc) is 3.49. The topological polar surface area (TPSA) is 58.1 Å². The molecule has 2 fully saturated rings. The van der Waals surface area contributed by atoms with Crippen molar-refractivity contribution in [3.63, 3.8) is 0 Å². The van der Waals surface area contributed by atoms with Crippen LogP contribution in [0.1, 0.15) is 15.9 Å². The second-order valence-corrected chi connectivity index (χ2v) is 10.2. The smallest absolute Gasteiger partial charge is 0.257 e. The van der Waals surface area contributed by atoms with Gasteiger partial charge in [-0.05, 0) is 29.1 Å². The molecule has 1 aromatic carbocycles. The minimum atomic E-state index is -0.0409. The van der Waals surface area contributed by atoms with E-state index in [-0.39, 0.29) is 12.0 Å². The largest absolute Gasteiger partial charge is 0.376 e. The predicted octanol–water partition coefficient (Wildman–Crippen LogP) is 4.13. The molecule has 0 bridgehead atoms. The molecule has 5 rings (SSSR count). The number of thiophene rings is 1. The molecule has 0 saturated carbocycles. The minimum Gasteiger partial charge on any atom is -0.376 e. The number of nitrogens with zero attached hydrogens (tertiary/aromatic N) is 4. The first-order chi connectivity index (χ1) is 18.2. The third kappa shape index (κ3) is 6.64. The lowest BCUT2D eigenvalue weighted by Crippen LogP contribution is -2.49. The molecule has 8 heteroatoms. The van der Waals surface area contributed by atoms with Gasteiger partial charge in [0.2, 0.25) is 0 Å². The first kappa shape index (κ1) is 25.6. The predicted molar refractivity (Wildman–Crippen MR) is 149 cm³/mol. The number of piperazine rings is 1. The highest BCUT2D eigenvalue weighted by Crippen LogP contribution is 2.27. The number of pyridine rings is 1. The Labute approximate surface area is 222 Å². The Morgan fingerprint density at radius 1 is 1.11 bits per heavy atom. The Morgan fingerprint density at radius 3 is 2.68 bits per heavy atom. The molecule has 1 unspecified atom stereocenters. The molecule has 0 N–H and O–H groups in total. The zero-order chi connectivity index (χ0) is 25.5. The number of carbonyl (C=O) groups is 1. The molecule has 0 aliphatic carbocycles. The third-order valence-electron chi connectivity index (χ3n) is 6.78. The molecular weight excluding hydrogens is 484 g/mol. The van der Waals surface area contributed by atoms with Gasteiger partial charge in [-0.25, -0.2) is 4.98 Å². The highest BCUT2D eigenvalue weighted by atomic mass is 32.1. The second kappa shape index (κ2) is 12.5. The number of anilines is 1. The lowest BCUT2D eigenvalue weighted by Gasteiger charge is -2.35. The van der Waals surface area contributed by atoms with Gasteiger partial charge < -0.3 is 19.3 Å². The van der Waals surface area contributed by atoms with E-state index >= 15 is 0 Å². The van der Waals surface area contributed by atoms with Crippen LogP contribution in [0.25, 0.3) is 17.3 Å². The summed E-state index contributed by atoms with van der Waals surface area (Å²) in [4.78, 5) is 25.0. The molecule has 4 heterocycles. The van der Waals surface area contributed by atoms with Crippen LogP contribution in [0.5, 0.6) is 0 Å². The summed E-state index contributed by atoms with van der Waals surface area (Å²) in [6.07, 6.45) is 4.31. The van der Waals surface area contributed by atoms with Crippen LogP contribution in [0.3, 0.4) is 0 Å². The van der Waals surface area contributed by atoms with E-state index in [1.54, 1.807) is 11.3 Å². The Bertz CT molecular complexity index is 1170. The molecule has 2 saturated heterocycles. The zero-order valence-electron chi connectivity index (χ0n) is 21.3. The van der Waals surface area contributed by atoms with Crippen molar-refractivity contribution in [1.82, 2.24) is 14.8 Å². The molecule has 7 nitrogen and oxygen atoms in total. The maximum Gasteiger partial charge on any atom is 0.257 e. The second-order valence-electron chi connectivity index (χ2n) is 9.43. The third-order valence-corrected chi connectivity index (χ3v) is 7.46. The van der Waals surface area contributed by atoms with Gasteiger partial charge in [0.1, 0.15) is 5.82 Å². The maximum absolute atomic E-state index is 13.7. The summed E-state index contributed by atoms with van der Waals surface area (Å²) in [5.41, 5.74) is 3.77. The van der Waals surface area contributed by atoms with Gasteiger partial charge in [0.15, 0.2) is 0 Å². The molecule has 0 radical (unpaired) electrons. The number of hydrogen-bond donors (Lipinski definition) is 0. The highest BCUT2D eigenvalue weighted by molar-refractivity contribution is 7.08. The number of hydrogen-bond acceptors (Lipinski definition) is 7. The van der Waals surface area contributed by atoms with E-state index in [0.717, 1.165) is 30.9 Å². The standard InChI is InChI=1S/C29H34N4O3S/c1-31(20-25-21-35-17-18-36-25)28-26(9-10-27(30-28)24-11-19-37-22-24)29(34)33-15-13-32(14-16-33)12-5-8-23-6-3-2-4-7-23/h2-11,19,22,25H,12-18,20-21H2,1H3/b8-5+. The van der Waals surface area contributed by atoms with Gasteiger partial charge in [0.05, 0.1) is 37.2 Å². The summed E-state index contributed by atoms with van der Waals surface area (Å²) in [7, 11) is 1.98. The summed E-state index contributed by atoms with van der Waals surface area (Å²) in [5.74, 6) is 0.725. The summed E-state index contributed by atoms with van der Waals surface area (Å²) >= 11 is 1.64. The number of likely N-dealkylation sites (N-methyl/N-ethyl adjacent to an activating group) is 1. The van der Waals surface area contributed by atoms with Crippen molar-refractivity contribution in [2.75, 3.05) is 71.0 Å². The zero-order valence-corrected chi connectivity index (χ0v) is 22.1. The Morgan fingerprint density at radius 2 is 1.95 bits per heavy atom. The molecular formula is C29H34N4O3S. The molecule has 37 heavy (non-hydrogen) atoms. The van der Waals surface area contributed by atoms with Crippen molar-refractivity contribution in [3.8, 4) is 11.3 Å². The molecule has 2 aliphatic heterocycles.